The highest BCUT2D eigenvalue weighted by molar-refractivity contribution is 6.35. The van der Waals surface area contributed by atoms with Gasteiger partial charge in [-0.25, -0.2) is 9.78 Å². The third-order valence-corrected chi connectivity index (χ3v) is 5.15. The molecule has 0 aliphatic heterocycles. The molecule has 164 valence electrons. The maximum Gasteiger partial charge on any atom is 0.319 e. The lowest BCUT2D eigenvalue weighted by atomic mass is 10.0. The van der Waals surface area contributed by atoms with Crippen molar-refractivity contribution in [2.75, 3.05) is 11.9 Å². The summed E-state index contributed by atoms with van der Waals surface area (Å²) in [6.07, 6.45) is 0.414. The average Bonchev–Trinajstić information content (AvgIpc) is 2.67. The Labute approximate surface area is 185 Å². The van der Waals surface area contributed by atoms with E-state index in [1.807, 2.05) is 13.8 Å². The van der Waals surface area contributed by atoms with Crippen molar-refractivity contribution in [2.24, 2.45) is 5.73 Å². The van der Waals surface area contributed by atoms with Crippen LogP contribution in [0.1, 0.15) is 39.1 Å². The molecule has 3 aromatic rings. The summed E-state index contributed by atoms with van der Waals surface area (Å²) >= 11 is 6.27. The van der Waals surface area contributed by atoms with Crippen molar-refractivity contribution in [2.45, 2.75) is 38.8 Å². The molecular weight excluding hydrogens is 418 g/mol. The van der Waals surface area contributed by atoms with Crippen LogP contribution in [0.2, 0.25) is 5.02 Å². The van der Waals surface area contributed by atoms with Gasteiger partial charge in [0.25, 0.3) is 5.56 Å². The summed E-state index contributed by atoms with van der Waals surface area (Å²) in [5.74, 6) is 0.380. The molecule has 0 fully saturated rings. The number of amides is 2. The Morgan fingerprint density at radius 2 is 2.00 bits per heavy atom. The highest BCUT2D eigenvalue weighted by Gasteiger charge is 2.20. The molecular formula is C22H26ClN5O3. The van der Waals surface area contributed by atoms with Crippen LogP contribution in [0, 0.1) is 0 Å². The van der Waals surface area contributed by atoms with Crippen LogP contribution in [0.25, 0.3) is 16.6 Å². The molecule has 0 saturated carbocycles. The first-order valence-electron chi connectivity index (χ1n) is 9.90. The number of nitrogens with two attached hydrogens (primary N) is 1. The Hall–Kier alpha value is -2.94. The maximum atomic E-state index is 13.3. The minimum absolute atomic E-state index is 0.0384. The van der Waals surface area contributed by atoms with Crippen LogP contribution in [0.15, 0.2) is 47.3 Å². The van der Waals surface area contributed by atoms with Gasteiger partial charge in [0, 0.05) is 17.8 Å². The topological polar surface area (TPSA) is 122 Å². The number of hydrogen-bond donors (Lipinski definition) is 4. The molecule has 1 unspecified atom stereocenters. The quantitative estimate of drug-likeness (QED) is 0.465. The number of anilines is 1. The van der Waals surface area contributed by atoms with E-state index in [0.29, 0.717) is 39.5 Å². The average molecular weight is 444 g/mol. The van der Waals surface area contributed by atoms with Crippen LogP contribution in [0.3, 0.4) is 0 Å². The monoisotopic (exact) mass is 443 g/mol. The summed E-state index contributed by atoms with van der Waals surface area (Å²) in [4.78, 5) is 30.3. The van der Waals surface area contributed by atoms with E-state index in [-0.39, 0.29) is 12.2 Å². The molecule has 8 nitrogen and oxygen atoms in total. The van der Waals surface area contributed by atoms with E-state index in [0.717, 1.165) is 0 Å². The second kappa shape index (κ2) is 9.05. The third-order valence-electron chi connectivity index (χ3n) is 4.83. The Morgan fingerprint density at radius 1 is 1.29 bits per heavy atom. The van der Waals surface area contributed by atoms with Gasteiger partial charge in [0.15, 0.2) is 0 Å². The highest BCUT2D eigenvalue weighted by Crippen LogP contribution is 2.23. The van der Waals surface area contributed by atoms with Crippen molar-refractivity contribution < 1.29 is 9.90 Å². The second-order valence-corrected chi connectivity index (χ2v) is 8.43. The summed E-state index contributed by atoms with van der Waals surface area (Å²) in [6.45, 7) is 5.34. The molecule has 9 heteroatoms. The molecule has 2 aromatic carbocycles. The van der Waals surface area contributed by atoms with Gasteiger partial charge >= 0.3 is 6.03 Å². The third kappa shape index (κ3) is 5.04. The zero-order valence-electron chi connectivity index (χ0n) is 17.6. The zero-order valence-corrected chi connectivity index (χ0v) is 18.4. The minimum atomic E-state index is -0.575. The Morgan fingerprint density at radius 3 is 2.68 bits per heavy atom. The van der Waals surface area contributed by atoms with Crippen LogP contribution >= 0.6 is 11.6 Å². The highest BCUT2D eigenvalue weighted by atomic mass is 35.5. The molecule has 1 heterocycles. The number of benzene rings is 2. The van der Waals surface area contributed by atoms with Crippen LogP contribution < -0.4 is 21.9 Å². The summed E-state index contributed by atoms with van der Waals surface area (Å²) in [6, 6.07) is 11.0. The SMILES string of the molecule is CC(N)c1nc2cccc(Cl)c2c(=O)n1-c1cccc(NC(=O)NC(C)(C)CCO)c1. The van der Waals surface area contributed by atoms with Crippen LogP contribution in [-0.4, -0.2) is 32.8 Å². The molecule has 0 bridgehead atoms. The van der Waals surface area contributed by atoms with Gasteiger partial charge in [0.05, 0.1) is 27.7 Å². The Balaban J connectivity index is 2.03. The lowest BCUT2D eigenvalue weighted by molar-refractivity contribution is 0.218. The van der Waals surface area contributed by atoms with Crippen LogP contribution in [-0.2, 0) is 0 Å². The molecule has 1 aromatic heterocycles. The lowest BCUT2D eigenvalue weighted by Crippen LogP contribution is -2.46. The number of urea groups is 1. The van der Waals surface area contributed by atoms with Crippen molar-refractivity contribution in [1.82, 2.24) is 14.9 Å². The van der Waals surface area contributed by atoms with E-state index in [4.69, 9.17) is 22.4 Å². The van der Waals surface area contributed by atoms with E-state index >= 15 is 0 Å². The number of rotatable bonds is 6. The van der Waals surface area contributed by atoms with Crippen LogP contribution in [0.4, 0.5) is 10.5 Å². The Bertz CT molecular complexity index is 1170. The van der Waals surface area contributed by atoms with Gasteiger partial charge in [0.2, 0.25) is 0 Å². The predicted molar refractivity (Wildman–Crippen MR) is 123 cm³/mol. The summed E-state index contributed by atoms with van der Waals surface area (Å²) < 4.78 is 1.41. The zero-order chi connectivity index (χ0) is 22.8. The number of halogens is 1. The van der Waals surface area contributed by atoms with Gasteiger partial charge in [-0.2, -0.15) is 0 Å². The van der Waals surface area contributed by atoms with Crippen molar-refractivity contribution in [1.29, 1.82) is 0 Å². The molecule has 0 spiro atoms. The lowest BCUT2D eigenvalue weighted by Gasteiger charge is -2.25. The summed E-state index contributed by atoms with van der Waals surface area (Å²) in [5, 5.41) is 15.3. The van der Waals surface area contributed by atoms with Crippen molar-refractivity contribution in [3.8, 4) is 5.69 Å². The smallest absolute Gasteiger partial charge is 0.319 e. The van der Waals surface area contributed by atoms with Crippen molar-refractivity contribution in [3.05, 3.63) is 63.7 Å². The fourth-order valence-corrected chi connectivity index (χ4v) is 3.55. The maximum absolute atomic E-state index is 13.3. The number of aliphatic hydroxyl groups is 1. The first-order chi connectivity index (χ1) is 14.6. The molecule has 0 saturated heterocycles. The first-order valence-corrected chi connectivity index (χ1v) is 10.3. The van der Waals surface area contributed by atoms with Gasteiger partial charge in [-0.1, -0.05) is 23.7 Å². The fraction of sp³-hybridized carbons (Fsp3) is 0.318. The van der Waals surface area contributed by atoms with E-state index in [9.17, 15) is 9.59 Å². The van der Waals surface area contributed by atoms with Gasteiger partial charge < -0.3 is 21.5 Å². The molecule has 2 amide bonds. The molecule has 31 heavy (non-hydrogen) atoms. The first kappa shape index (κ1) is 22.7. The van der Waals surface area contributed by atoms with E-state index in [1.165, 1.54) is 4.57 Å². The predicted octanol–water partition coefficient (Wildman–Crippen LogP) is 3.34. The number of aromatic nitrogens is 2. The molecule has 0 aliphatic carbocycles. The second-order valence-electron chi connectivity index (χ2n) is 8.02. The molecule has 0 radical (unpaired) electrons. The number of fused-ring (bicyclic) bond motifs is 1. The van der Waals surface area contributed by atoms with Gasteiger partial charge in [-0.15, -0.1) is 0 Å². The van der Waals surface area contributed by atoms with E-state index in [2.05, 4.69) is 15.6 Å². The Kier molecular flexibility index (Phi) is 6.64. The number of nitrogens with zero attached hydrogens (tertiary/aromatic N) is 2. The number of carbonyl (C=O) groups excluding carboxylic acids is 1. The molecule has 0 aliphatic rings. The summed E-state index contributed by atoms with van der Waals surface area (Å²) in [7, 11) is 0. The molecule has 1 atom stereocenters. The van der Waals surface area contributed by atoms with E-state index in [1.54, 1.807) is 49.4 Å². The van der Waals surface area contributed by atoms with Crippen molar-refractivity contribution in [3.63, 3.8) is 0 Å². The normalized spacial score (nSPS) is 12.6. The number of nitrogens with one attached hydrogen (secondary N) is 2. The van der Waals surface area contributed by atoms with Crippen LogP contribution in [0.5, 0.6) is 0 Å². The summed E-state index contributed by atoms with van der Waals surface area (Å²) in [5.41, 5.74) is 6.65. The number of carbonyl (C=O) groups is 1. The number of aliphatic hydroxyl groups excluding tert-OH is 1. The van der Waals surface area contributed by atoms with Gasteiger partial charge in [-0.3, -0.25) is 9.36 Å². The van der Waals surface area contributed by atoms with E-state index < -0.39 is 17.6 Å². The van der Waals surface area contributed by atoms with Crippen molar-refractivity contribution >= 4 is 34.2 Å². The number of hydrogen-bond acceptors (Lipinski definition) is 5. The van der Waals surface area contributed by atoms with Gasteiger partial charge in [0.1, 0.15) is 5.82 Å². The molecule has 3 rings (SSSR count). The minimum Gasteiger partial charge on any atom is -0.396 e. The standard InChI is InChI=1S/C22H26ClN5O3/c1-13(24)19-26-17-9-5-8-16(23)18(17)20(30)28(19)15-7-4-6-14(12-15)25-21(31)27-22(2,3)10-11-29/h4-9,12-13,29H,10-11,24H2,1-3H3,(H2,25,27,31). The fourth-order valence-electron chi connectivity index (χ4n) is 3.30. The largest absolute Gasteiger partial charge is 0.396 e. The molecule has 5 N–H and O–H groups in total. The van der Waals surface area contributed by atoms with Gasteiger partial charge in [-0.05, 0) is 57.5 Å².